The smallest absolute Gasteiger partial charge is 0.411 e. The van der Waals surface area contributed by atoms with Crippen LogP contribution in [-0.4, -0.2) is 69.9 Å². The molecule has 3 aromatic carbocycles. The first kappa shape index (κ1) is 45.4. The zero-order valence-electron chi connectivity index (χ0n) is 32.0. The molecular weight excluding hydrogens is 750 g/mol. The van der Waals surface area contributed by atoms with E-state index in [-0.39, 0.29) is 63.5 Å². The van der Waals surface area contributed by atoms with Crippen molar-refractivity contribution in [1.82, 2.24) is 0 Å². The molecule has 0 aromatic heterocycles. The first-order valence-corrected chi connectivity index (χ1v) is 18.2. The summed E-state index contributed by atoms with van der Waals surface area (Å²) < 4.78 is 120. The summed E-state index contributed by atoms with van der Waals surface area (Å²) in [5.74, 6) is -2.04. The summed E-state index contributed by atoms with van der Waals surface area (Å²) in [6.07, 6.45) is -10.6. The minimum atomic E-state index is -5.81. The van der Waals surface area contributed by atoms with Gasteiger partial charge in [-0.05, 0) is 80.6 Å². The average Bonchev–Trinajstić information content (AvgIpc) is 3.15. The molecule has 0 saturated heterocycles. The molecule has 0 amide bonds. The molecule has 9 nitrogen and oxygen atoms in total. The molecule has 0 fully saturated rings. The SMILES string of the molecule is CCC(C)C(=O)OCCOc1ccc(C(c2ccc(OCCOC(=O)C(CC)CC(C)(C)C(=O)OCCOc3ccccc3)cc2)(C(F)(F)F)C(F)(F)F)cc1. The van der Waals surface area contributed by atoms with Crippen LogP contribution in [0.4, 0.5) is 26.3 Å². The Morgan fingerprint density at radius 3 is 1.38 bits per heavy atom. The lowest BCUT2D eigenvalue weighted by molar-refractivity contribution is -0.288. The van der Waals surface area contributed by atoms with Crippen molar-refractivity contribution in [2.75, 3.05) is 39.6 Å². The summed E-state index contributed by atoms with van der Waals surface area (Å²) in [5.41, 5.74) is -7.62. The van der Waals surface area contributed by atoms with Crippen molar-refractivity contribution in [1.29, 1.82) is 0 Å². The standard InChI is InChI=1S/C41H48F6O9/c1-6-28(3)35(48)54-24-21-52-33-17-13-30(14-18-33)39(40(42,43)44,41(45,46)47)31-15-19-34(20-16-31)53-22-25-55-36(49)29(7-2)27-38(4,5)37(50)56-26-23-51-32-11-9-8-10-12-32/h8-20,28-29H,6-7,21-27H2,1-5H3. The Bertz CT molecular complexity index is 1660. The highest BCUT2D eigenvalue weighted by molar-refractivity contribution is 5.78. The predicted octanol–water partition coefficient (Wildman–Crippen LogP) is 9.05. The third-order valence-corrected chi connectivity index (χ3v) is 9.10. The van der Waals surface area contributed by atoms with E-state index in [0.29, 0.717) is 42.9 Å². The molecule has 3 rings (SSSR count). The van der Waals surface area contributed by atoms with Gasteiger partial charge in [0.2, 0.25) is 5.41 Å². The number of hydrogen-bond donors (Lipinski definition) is 0. The Balaban J connectivity index is 1.58. The van der Waals surface area contributed by atoms with Crippen molar-refractivity contribution in [2.24, 2.45) is 17.3 Å². The molecule has 0 heterocycles. The Morgan fingerprint density at radius 1 is 0.554 bits per heavy atom. The average molecular weight is 799 g/mol. The van der Waals surface area contributed by atoms with Crippen LogP contribution in [0.25, 0.3) is 0 Å². The third kappa shape index (κ3) is 12.0. The van der Waals surface area contributed by atoms with Gasteiger partial charge in [0.25, 0.3) is 0 Å². The minimum Gasteiger partial charge on any atom is -0.490 e. The summed E-state index contributed by atoms with van der Waals surface area (Å²) in [6, 6.07) is 15.6. The van der Waals surface area contributed by atoms with E-state index in [4.69, 9.17) is 28.4 Å². The summed E-state index contributed by atoms with van der Waals surface area (Å²) in [6.45, 7) is 7.83. The van der Waals surface area contributed by atoms with Crippen LogP contribution in [0.5, 0.6) is 17.2 Å². The van der Waals surface area contributed by atoms with Crippen LogP contribution in [0, 0.1) is 17.3 Å². The van der Waals surface area contributed by atoms with Crippen LogP contribution in [0.1, 0.15) is 65.0 Å². The highest BCUT2D eigenvalue weighted by Gasteiger charge is 2.72. The first-order valence-electron chi connectivity index (χ1n) is 18.2. The maximum atomic E-state index is 14.6. The lowest BCUT2D eigenvalue weighted by atomic mass is 9.73. The van der Waals surface area contributed by atoms with E-state index >= 15 is 0 Å². The van der Waals surface area contributed by atoms with Gasteiger partial charge in [0.15, 0.2) is 0 Å². The Morgan fingerprint density at radius 2 is 0.964 bits per heavy atom. The van der Waals surface area contributed by atoms with Crippen molar-refractivity contribution >= 4 is 17.9 Å². The van der Waals surface area contributed by atoms with E-state index in [1.165, 1.54) is 0 Å². The van der Waals surface area contributed by atoms with E-state index in [1.807, 2.05) is 18.2 Å². The summed E-state index contributed by atoms with van der Waals surface area (Å²) in [7, 11) is 0. The maximum Gasteiger partial charge on any atom is 0.411 e. The van der Waals surface area contributed by atoms with Gasteiger partial charge in [0.05, 0.1) is 17.3 Å². The van der Waals surface area contributed by atoms with Crippen LogP contribution in [0.3, 0.4) is 0 Å². The fraction of sp³-hybridized carbons (Fsp3) is 0.488. The fourth-order valence-electron chi connectivity index (χ4n) is 5.71. The van der Waals surface area contributed by atoms with Crippen LogP contribution in [-0.2, 0) is 34.0 Å². The minimum absolute atomic E-state index is 0.00752. The lowest BCUT2D eigenvalue weighted by Crippen LogP contribution is -2.54. The molecular formula is C41H48F6O9. The highest BCUT2D eigenvalue weighted by atomic mass is 19.4. The number of carbonyl (C=O) groups excluding carboxylic acids is 3. The van der Waals surface area contributed by atoms with E-state index in [2.05, 4.69) is 0 Å². The number of hydrogen-bond acceptors (Lipinski definition) is 9. The molecule has 0 bridgehead atoms. The Hall–Kier alpha value is -4.95. The van der Waals surface area contributed by atoms with Gasteiger partial charge in [-0.3, -0.25) is 14.4 Å². The zero-order chi connectivity index (χ0) is 41.6. The zero-order valence-corrected chi connectivity index (χ0v) is 32.0. The number of benzene rings is 3. The molecule has 2 atom stereocenters. The number of carbonyl (C=O) groups is 3. The molecule has 56 heavy (non-hydrogen) atoms. The van der Waals surface area contributed by atoms with Crippen molar-refractivity contribution < 1.29 is 69.1 Å². The van der Waals surface area contributed by atoms with Gasteiger partial charge < -0.3 is 28.4 Å². The third-order valence-electron chi connectivity index (χ3n) is 9.10. The Kier molecular flexibility index (Phi) is 16.5. The second-order valence-electron chi connectivity index (χ2n) is 13.6. The van der Waals surface area contributed by atoms with Crippen molar-refractivity contribution in [3.63, 3.8) is 0 Å². The number of halogens is 6. The van der Waals surface area contributed by atoms with Gasteiger partial charge in [0, 0.05) is 0 Å². The normalized spacial score (nSPS) is 13.3. The first-order chi connectivity index (χ1) is 26.4. The number of ether oxygens (including phenoxy) is 6. The number of rotatable bonds is 21. The van der Waals surface area contributed by atoms with Crippen molar-refractivity contribution in [3.05, 3.63) is 90.0 Å². The van der Waals surface area contributed by atoms with Crippen molar-refractivity contribution in [3.8, 4) is 17.2 Å². The molecule has 0 spiro atoms. The van der Waals surface area contributed by atoms with Crippen molar-refractivity contribution in [2.45, 2.75) is 71.6 Å². The molecule has 3 aromatic rings. The molecule has 308 valence electrons. The molecule has 0 N–H and O–H groups in total. The molecule has 2 unspecified atom stereocenters. The maximum absolute atomic E-state index is 14.6. The largest absolute Gasteiger partial charge is 0.490 e. The summed E-state index contributed by atoms with van der Waals surface area (Å²) in [4.78, 5) is 37.4. The monoisotopic (exact) mass is 798 g/mol. The molecule has 0 saturated carbocycles. The number of para-hydroxylation sites is 1. The predicted molar refractivity (Wildman–Crippen MR) is 193 cm³/mol. The van der Waals surface area contributed by atoms with E-state index in [1.54, 1.807) is 46.8 Å². The summed E-state index contributed by atoms with van der Waals surface area (Å²) in [5, 5.41) is 0. The van der Waals surface area contributed by atoms with Crippen LogP contribution in [0.2, 0.25) is 0 Å². The van der Waals surface area contributed by atoms with Gasteiger partial charge in [0.1, 0.15) is 56.9 Å². The van der Waals surface area contributed by atoms with Crippen LogP contribution in [0.15, 0.2) is 78.9 Å². The fourth-order valence-corrected chi connectivity index (χ4v) is 5.71. The summed E-state index contributed by atoms with van der Waals surface area (Å²) >= 11 is 0. The Labute approximate surface area is 322 Å². The van der Waals surface area contributed by atoms with Gasteiger partial charge in [-0.1, -0.05) is 63.2 Å². The van der Waals surface area contributed by atoms with Gasteiger partial charge >= 0.3 is 30.3 Å². The van der Waals surface area contributed by atoms with Gasteiger partial charge in [-0.2, -0.15) is 26.3 Å². The number of esters is 3. The van der Waals surface area contributed by atoms with Gasteiger partial charge in [-0.25, -0.2) is 0 Å². The van der Waals surface area contributed by atoms with E-state index in [9.17, 15) is 40.7 Å². The van der Waals surface area contributed by atoms with Gasteiger partial charge in [-0.15, -0.1) is 0 Å². The van der Waals surface area contributed by atoms with Crippen LogP contribution < -0.4 is 14.2 Å². The van der Waals surface area contributed by atoms with E-state index < -0.39 is 58.1 Å². The van der Waals surface area contributed by atoms with Crippen LogP contribution >= 0.6 is 0 Å². The molecule has 0 radical (unpaired) electrons. The number of alkyl halides is 6. The molecule has 0 aliphatic rings. The topological polar surface area (TPSA) is 107 Å². The molecule has 0 aliphatic carbocycles. The highest BCUT2D eigenvalue weighted by Crippen LogP contribution is 2.56. The second-order valence-corrected chi connectivity index (χ2v) is 13.6. The molecule has 0 aliphatic heterocycles. The van der Waals surface area contributed by atoms with E-state index in [0.717, 1.165) is 24.3 Å². The second kappa shape index (κ2) is 20.3. The lowest BCUT2D eigenvalue weighted by Gasteiger charge is -2.38. The quantitative estimate of drug-likeness (QED) is 0.0452. The molecule has 15 heteroatoms.